The van der Waals surface area contributed by atoms with E-state index in [-0.39, 0.29) is 19.5 Å². The van der Waals surface area contributed by atoms with E-state index in [1.165, 1.54) is 4.90 Å². The van der Waals surface area contributed by atoms with Crippen molar-refractivity contribution in [1.82, 2.24) is 4.90 Å². The van der Waals surface area contributed by atoms with Gasteiger partial charge in [0.2, 0.25) is 6.43 Å². The van der Waals surface area contributed by atoms with Crippen LogP contribution in [0.3, 0.4) is 0 Å². The lowest BCUT2D eigenvalue weighted by molar-refractivity contribution is -0.0835. The second-order valence-electron chi connectivity index (χ2n) is 4.03. The monoisotopic (exact) mass is 210 g/mol. The van der Waals surface area contributed by atoms with Gasteiger partial charge in [0.05, 0.1) is 6.61 Å². The summed E-state index contributed by atoms with van der Waals surface area (Å²) >= 11 is 0. The molecule has 0 bridgehead atoms. The summed E-state index contributed by atoms with van der Waals surface area (Å²) in [5.41, 5.74) is -0.999. The zero-order valence-corrected chi connectivity index (χ0v) is 8.34. The summed E-state index contributed by atoms with van der Waals surface area (Å²) in [4.78, 5) is 1.21. The maximum Gasteiger partial charge on any atom is 0.242 e. The summed E-state index contributed by atoms with van der Waals surface area (Å²) in [6.07, 6.45) is -2.05. The van der Waals surface area contributed by atoms with E-state index >= 15 is 0 Å². The Morgan fingerprint density at radius 2 is 2.43 bits per heavy atom. The lowest BCUT2D eigenvalue weighted by Crippen LogP contribution is -2.51. The maximum atomic E-state index is 12.9. The number of hydrogen-bond donors (Lipinski definition) is 1. The van der Waals surface area contributed by atoms with Crippen LogP contribution < -0.4 is 0 Å². The summed E-state index contributed by atoms with van der Waals surface area (Å²) in [7, 11) is 0. The third kappa shape index (κ3) is 2.06. The highest BCUT2D eigenvalue weighted by atomic mass is 19.3. The molecule has 1 N–H and O–H groups in total. The van der Waals surface area contributed by atoms with E-state index in [0.717, 1.165) is 0 Å². The highest BCUT2D eigenvalue weighted by molar-refractivity contribution is 4.92. The van der Waals surface area contributed by atoms with Crippen LogP contribution in [-0.2, 0) is 0 Å². The van der Waals surface area contributed by atoms with Crippen molar-refractivity contribution in [2.45, 2.75) is 26.2 Å². The number of aliphatic hydroxyl groups is 1. The Balaban J connectivity index is 2.91. The summed E-state index contributed by atoms with van der Waals surface area (Å²) in [6.45, 7) is -0.818. The molecule has 1 heterocycles. The zero-order valence-electron chi connectivity index (χ0n) is 11.3. The lowest BCUT2D eigenvalue weighted by atomic mass is 9.70. The maximum absolute atomic E-state index is 12.9. The Hall–Kier alpha value is -0.220. The number of alkyl halides is 2. The van der Waals surface area contributed by atoms with E-state index in [0.29, 0.717) is 6.42 Å². The van der Waals surface area contributed by atoms with Gasteiger partial charge in [-0.3, -0.25) is 0 Å². The quantitative estimate of drug-likeness (QED) is 0.764. The van der Waals surface area contributed by atoms with Gasteiger partial charge >= 0.3 is 0 Å². The van der Waals surface area contributed by atoms with Gasteiger partial charge in [-0.25, -0.2) is 8.78 Å². The zero-order chi connectivity index (χ0) is 13.3. The molecular formula is C10H19F2NO. The van der Waals surface area contributed by atoms with Gasteiger partial charge in [0, 0.05) is 22.0 Å². The molecule has 1 rings (SSSR count). The average molecular weight is 210 g/mol. The average Bonchev–Trinajstić information content (AvgIpc) is 2.26. The van der Waals surface area contributed by atoms with Crippen LogP contribution in [0.4, 0.5) is 8.78 Å². The van der Waals surface area contributed by atoms with Crippen LogP contribution in [-0.4, -0.2) is 43.1 Å². The molecule has 1 aliphatic rings. The minimum absolute atomic E-state index is 0.00546. The molecule has 0 spiro atoms. The second-order valence-corrected chi connectivity index (χ2v) is 4.03. The van der Waals surface area contributed by atoms with E-state index in [9.17, 15) is 13.9 Å². The SMILES string of the molecule is [2H]C([2H])([2H])N1CC[C@H](C(F)F)[C@](CC)(CO)C1. The second kappa shape index (κ2) is 4.53. The predicted octanol–water partition coefficient (Wildman–Crippen LogP) is 1.59. The number of likely N-dealkylation sites (tertiary alicyclic amines) is 1. The molecular weight excluding hydrogens is 188 g/mol. The van der Waals surface area contributed by atoms with Crippen LogP contribution in [0.15, 0.2) is 0 Å². The fourth-order valence-electron chi connectivity index (χ4n) is 2.22. The molecule has 0 unspecified atom stereocenters. The summed E-state index contributed by atoms with van der Waals surface area (Å²) < 4.78 is 47.8. The van der Waals surface area contributed by atoms with Gasteiger partial charge in [0.25, 0.3) is 0 Å². The van der Waals surface area contributed by atoms with Crippen molar-refractivity contribution in [2.75, 3.05) is 26.7 Å². The van der Waals surface area contributed by atoms with E-state index in [1.54, 1.807) is 6.92 Å². The van der Waals surface area contributed by atoms with Crippen LogP contribution in [0, 0.1) is 11.3 Å². The van der Waals surface area contributed by atoms with Crippen LogP contribution in [0.25, 0.3) is 0 Å². The number of halogens is 2. The minimum atomic E-state index is -2.51. The molecule has 14 heavy (non-hydrogen) atoms. The Kier molecular flexibility index (Phi) is 2.59. The van der Waals surface area contributed by atoms with Crippen molar-refractivity contribution in [1.29, 1.82) is 0 Å². The molecule has 4 heteroatoms. The number of piperidine rings is 1. The Morgan fingerprint density at radius 1 is 1.71 bits per heavy atom. The molecule has 84 valence electrons. The van der Waals surface area contributed by atoms with E-state index < -0.39 is 31.3 Å². The third-order valence-electron chi connectivity index (χ3n) is 3.33. The molecule has 1 aliphatic heterocycles. The number of aliphatic hydroxyl groups excluding tert-OH is 1. The molecule has 0 aromatic carbocycles. The van der Waals surface area contributed by atoms with Crippen molar-refractivity contribution in [3.8, 4) is 0 Å². The number of hydrogen-bond acceptors (Lipinski definition) is 2. The van der Waals surface area contributed by atoms with Crippen LogP contribution in [0.2, 0.25) is 0 Å². The molecule has 0 aromatic rings. The standard InChI is InChI=1S/C10H19F2NO/c1-3-10(7-14)6-13(2)5-4-8(10)9(11)12/h8-9,14H,3-7H2,1-2H3/t8-,10+/m1/s1/i2D3. The van der Waals surface area contributed by atoms with Gasteiger partial charge in [-0.05, 0) is 26.4 Å². The van der Waals surface area contributed by atoms with Gasteiger partial charge in [0.15, 0.2) is 0 Å². The Labute approximate surface area is 88.1 Å². The molecule has 0 aliphatic carbocycles. The summed E-state index contributed by atoms with van der Waals surface area (Å²) in [6, 6.07) is 0. The van der Waals surface area contributed by atoms with Crippen molar-refractivity contribution >= 4 is 0 Å². The van der Waals surface area contributed by atoms with Crippen LogP contribution in [0.5, 0.6) is 0 Å². The smallest absolute Gasteiger partial charge is 0.242 e. The molecule has 1 saturated heterocycles. The first-order valence-electron chi connectivity index (χ1n) is 6.41. The van der Waals surface area contributed by atoms with Crippen molar-refractivity contribution < 1.29 is 18.0 Å². The van der Waals surface area contributed by atoms with Gasteiger partial charge in [0.1, 0.15) is 0 Å². The summed E-state index contributed by atoms with van der Waals surface area (Å²) in [5, 5.41) is 9.40. The topological polar surface area (TPSA) is 23.5 Å². The van der Waals surface area contributed by atoms with Crippen LogP contribution >= 0.6 is 0 Å². The van der Waals surface area contributed by atoms with Gasteiger partial charge in [-0.2, -0.15) is 0 Å². The van der Waals surface area contributed by atoms with E-state index in [4.69, 9.17) is 4.11 Å². The van der Waals surface area contributed by atoms with Gasteiger partial charge in [-0.15, -0.1) is 0 Å². The van der Waals surface area contributed by atoms with E-state index in [1.807, 2.05) is 0 Å². The molecule has 0 amide bonds. The molecule has 0 saturated carbocycles. The first-order chi connectivity index (χ1) is 7.77. The Morgan fingerprint density at radius 3 is 2.86 bits per heavy atom. The van der Waals surface area contributed by atoms with Crippen molar-refractivity contribution in [3.63, 3.8) is 0 Å². The fraction of sp³-hybridized carbons (Fsp3) is 1.00. The highest BCUT2D eigenvalue weighted by Gasteiger charge is 2.45. The fourth-order valence-corrected chi connectivity index (χ4v) is 2.22. The Bertz CT molecular complexity index is 256. The van der Waals surface area contributed by atoms with Gasteiger partial charge < -0.3 is 10.0 Å². The minimum Gasteiger partial charge on any atom is -0.396 e. The third-order valence-corrected chi connectivity index (χ3v) is 3.33. The van der Waals surface area contributed by atoms with Gasteiger partial charge in [-0.1, -0.05) is 6.92 Å². The first kappa shape index (κ1) is 7.99. The molecule has 0 aromatic heterocycles. The predicted molar refractivity (Wildman–Crippen MR) is 51.4 cm³/mol. The molecule has 0 radical (unpaired) electrons. The van der Waals surface area contributed by atoms with Crippen LogP contribution in [0.1, 0.15) is 23.9 Å². The number of nitrogens with zero attached hydrogens (tertiary/aromatic N) is 1. The van der Waals surface area contributed by atoms with Crippen molar-refractivity contribution in [2.24, 2.45) is 11.3 Å². The molecule has 2 atom stereocenters. The molecule has 1 fully saturated rings. The normalized spacial score (nSPS) is 39.2. The number of rotatable bonds is 3. The lowest BCUT2D eigenvalue weighted by Gasteiger charge is -2.45. The highest BCUT2D eigenvalue weighted by Crippen LogP contribution is 2.41. The first-order valence-corrected chi connectivity index (χ1v) is 4.91. The van der Waals surface area contributed by atoms with Crippen molar-refractivity contribution in [3.05, 3.63) is 0 Å². The largest absolute Gasteiger partial charge is 0.396 e. The molecule has 2 nitrogen and oxygen atoms in total. The summed E-state index contributed by atoms with van der Waals surface area (Å²) in [5.74, 6) is -0.920. The van der Waals surface area contributed by atoms with E-state index in [2.05, 4.69) is 0 Å².